The number of hydrogen-bond acceptors (Lipinski definition) is 2. The molecule has 0 spiro atoms. The van der Waals surface area contributed by atoms with Gasteiger partial charge in [0.1, 0.15) is 0 Å². The molecule has 0 aromatic carbocycles. The van der Waals surface area contributed by atoms with Gasteiger partial charge < -0.3 is 5.73 Å². The predicted molar refractivity (Wildman–Crippen MR) is 58.8 cm³/mol. The van der Waals surface area contributed by atoms with E-state index in [2.05, 4.69) is 24.1 Å². The van der Waals surface area contributed by atoms with E-state index in [4.69, 9.17) is 5.73 Å². The average molecular weight is 188 g/mol. The quantitative estimate of drug-likeness (QED) is 0.734. The number of hydrogen-bond donors (Lipinski definition) is 1. The van der Waals surface area contributed by atoms with E-state index in [1.165, 1.54) is 23.1 Å². The maximum atomic E-state index is 5.92. The fourth-order valence-corrected chi connectivity index (χ4v) is 1.98. The largest absolute Gasteiger partial charge is 0.324 e. The standard InChI is InChI=1S/C12H16N2/c1-9-5-6-14-8-12(9)10-3-2-4-11(13)7-10/h5-8,11H,2-4,13H2,1H3. The predicted octanol–water partition coefficient (Wildman–Crippen LogP) is 2.28. The van der Waals surface area contributed by atoms with Crippen LogP contribution in [0.4, 0.5) is 0 Å². The summed E-state index contributed by atoms with van der Waals surface area (Å²) in [6.07, 6.45) is 9.42. The lowest BCUT2D eigenvalue weighted by molar-refractivity contribution is 0.654. The van der Waals surface area contributed by atoms with Crippen LogP contribution in [0.3, 0.4) is 0 Å². The van der Waals surface area contributed by atoms with E-state index < -0.39 is 0 Å². The monoisotopic (exact) mass is 188 g/mol. The summed E-state index contributed by atoms with van der Waals surface area (Å²) >= 11 is 0. The molecule has 2 nitrogen and oxygen atoms in total. The molecule has 0 amide bonds. The second kappa shape index (κ2) is 3.93. The van der Waals surface area contributed by atoms with Gasteiger partial charge in [0.2, 0.25) is 0 Å². The molecule has 0 saturated heterocycles. The average Bonchev–Trinajstić information content (AvgIpc) is 2.18. The van der Waals surface area contributed by atoms with Gasteiger partial charge in [-0.05, 0) is 49.0 Å². The van der Waals surface area contributed by atoms with E-state index >= 15 is 0 Å². The van der Waals surface area contributed by atoms with Crippen LogP contribution in [-0.4, -0.2) is 11.0 Å². The van der Waals surface area contributed by atoms with E-state index in [1.807, 2.05) is 12.4 Å². The van der Waals surface area contributed by atoms with Crippen molar-refractivity contribution in [2.75, 3.05) is 0 Å². The molecule has 0 bridgehead atoms. The first kappa shape index (κ1) is 9.41. The van der Waals surface area contributed by atoms with Gasteiger partial charge in [0.05, 0.1) is 0 Å². The van der Waals surface area contributed by atoms with E-state index in [9.17, 15) is 0 Å². The molecule has 1 aromatic heterocycles. The van der Waals surface area contributed by atoms with Crippen molar-refractivity contribution in [2.45, 2.75) is 32.2 Å². The smallest absolute Gasteiger partial charge is 0.0345 e. The van der Waals surface area contributed by atoms with Gasteiger partial charge in [0.25, 0.3) is 0 Å². The highest BCUT2D eigenvalue weighted by Crippen LogP contribution is 2.27. The Labute approximate surface area is 84.9 Å². The molecule has 74 valence electrons. The Morgan fingerprint density at radius 3 is 3.07 bits per heavy atom. The first-order chi connectivity index (χ1) is 6.77. The van der Waals surface area contributed by atoms with Crippen LogP contribution >= 0.6 is 0 Å². The third-order valence-corrected chi connectivity index (χ3v) is 2.78. The topological polar surface area (TPSA) is 38.9 Å². The highest BCUT2D eigenvalue weighted by Gasteiger charge is 2.12. The van der Waals surface area contributed by atoms with Crippen LogP contribution in [0.2, 0.25) is 0 Å². The van der Waals surface area contributed by atoms with Crippen LogP contribution in [-0.2, 0) is 0 Å². The van der Waals surface area contributed by atoms with Gasteiger partial charge in [-0.15, -0.1) is 0 Å². The number of nitrogens with zero attached hydrogens (tertiary/aromatic N) is 1. The Balaban J connectivity index is 2.35. The second-order valence-corrected chi connectivity index (χ2v) is 3.94. The molecule has 1 unspecified atom stereocenters. The number of pyridine rings is 1. The summed E-state index contributed by atoms with van der Waals surface area (Å²) in [6, 6.07) is 2.29. The lowest BCUT2D eigenvalue weighted by Gasteiger charge is -2.18. The molecule has 0 saturated carbocycles. The van der Waals surface area contributed by atoms with Gasteiger partial charge in [-0.1, -0.05) is 6.08 Å². The molecule has 1 atom stereocenters. The van der Waals surface area contributed by atoms with Crippen LogP contribution in [0.25, 0.3) is 5.57 Å². The summed E-state index contributed by atoms with van der Waals surface area (Å²) in [5.74, 6) is 0. The number of aryl methyl sites for hydroxylation is 1. The number of aromatic nitrogens is 1. The molecular formula is C12H16N2. The first-order valence-corrected chi connectivity index (χ1v) is 5.14. The number of nitrogens with two attached hydrogens (primary N) is 1. The van der Waals surface area contributed by atoms with E-state index in [0.717, 1.165) is 12.8 Å². The van der Waals surface area contributed by atoms with Crippen molar-refractivity contribution in [1.82, 2.24) is 4.98 Å². The molecule has 0 radical (unpaired) electrons. The van der Waals surface area contributed by atoms with Gasteiger partial charge in [-0.25, -0.2) is 0 Å². The second-order valence-electron chi connectivity index (χ2n) is 3.94. The van der Waals surface area contributed by atoms with Crippen LogP contribution in [0.15, 0.2) is 24.5 Å². The summed E-state index contributed by atoms with van der Waals surface area (Å²) < 4.78 is 0. The minimum Gasteiger partial charge on any atom is -0.324 e. The van der Waals surface area contributed by atoms with Crippen LogP contribution in [0.1, 0.15) is 30.4 Å². The molecule has 14 heavy (non-hydrogen) atoms. The Kier molecular flexibility index (Phi) is 2.64. The third kappa shape index (κ3) is 1.85. The van der Waals surface area contributed by atoms with Crippen LogP contribution < -0.4 is 5.73 Å². The zero-order valence-electron chi connectivity index (χ0n) is 8.53. The summed E-state index contributed by atoms with van der Waals surface area (Å²) in [7, 11) is 0. The summed E-state index contributed by atoms with van der Waals surface area (Å²) in [5, 5.41) is 0. The highest BCUT2D eigenvalue weighted by molar-refractivity contribution is 5.68. The SMILES string of the molecule is Cc1ccncc1C1=CC(N)CCC1. The van der Waals surface area contributed by atoms with Crippen molar-refractivity contribution in [3.05, 3.63) is 35.7 Å². The van der Waals surface area contributed by atoms with Gasteiger partial charge in [0.15, 0.2) is 0 Å². The molecular weight excluding hydrogens is 172 g/mol. The Morgan fingerprint density at radius 2 is 2.36 bits per heavy atom. The first-order valence-electron chi connectivity index (χ1n) is 5.14. The zero-order chi connectivity index (χ0) is 9.97. The van der Waals surface area contributed by atoms with Crippen molar-refractivity contribution < 1.29 is 0 Å². The molecule has 0 aliphatic heterocycles. The molecule has 0 fully saturated rings. The van der Waals surface area contributed by atoms with Crippen molar-refractivity contribution in [3.63, 3.8) is 0 Å². The van der Waals surface area contributed by atoms with E-state index in [1.54, 1.807) is 0 Å². The number of allylic oxidation sites excluding steroid dienone is 1. The molecule has 2 heteroatoms. The summed E-state index contributed by atoms with van der Waals surface area (Å²) in [6.45, 7) is 2.12. The van der Waals surface area contributed by atoms with Crippen molar-refractivity contribution in [2.24, 2.45) is 5.73 Å². The summed E-state index contributed by atoms with van der Waals surface area (Å²) in [5.41, 5.74) is 9.84. The Morgan fingerprint density at radius 1 is 1.50 bits per heavy atom. The van der Waals surface area contributed by atoms with Crippen LogP contribution in [0.5, 0.6) is 0 Å². The molecule has 2 rings (SSSR count). The Hall–Kier alpha value is -1.15. The van der Waals surface area contributed by atoms with Gasteiger partial charge in [-0.2, -0.15) is 0 Å². The van der Waals surface area contributed by atoms with Gasteiger partial charge in [0, 0.05) is 18.4 Å². The zero-order valence-corrected chi connectivity index (χ0v) is 8.53. The summed E-state index contributed by atoms with van der Waals surface area (Å²) in [4.78, 5) is 4.16. The lowest BCUT2D eigenvalue weighted by atomic mass is 9.90. The molecule has 1 aliphatic rings. The maximum Gasteiger partial charge on any atom is 0.0345 e. The normalized spacial score (nSPS) is 21.9. The van der Waals surface area contributed by atoms with Crippen molar-refractivity contribution in [1.29, 1.82) is 0 Å². The highest BCUT2D eigenvalue weighted by atomic mass is 14.6. The fourth-order valence-electron chi connectivity index (χ4n) is 1.98. The number of rotatable bonds is 1. The molecule has 1 aliphatic carbocycles. The van der Waals surface area contributed by atoms with Crippen molar-refractivity contribution >= 4 is 5.57 Å². The minimum atomic E-state index is 0.235. The maximum absolute atomic E-state index is 5.92. The van der Waals surface area contributed by atoms with E-state index in [0.29, 0.717) is 0 Å². The third-order valence-electron chi connectivity index (χ3n) is 2.78. The van der Waals surface area contributed by atoms with Gasteiger partial charge >= 0.3 is 0 Å². The van der Waals surface area contributed by atoms with Gasteiger partial charge in [-0.3, -0.25) is 4.98 Å². The molecule has 1 heterocycles. The fraction of sp³-hybridized carbons (Fsp3) is 0.417. The molecule has 1 aromatic rings. The Bertz CT molecular complexity index is 355. The minimum absolute atomic E-state index is 0.235. The molecule has 2 N–H and O–H groups in total. The van der Waals surface area contributed by atoms with Crippen LogP contribution in [0, 0.1) is 6.92 Å². The van der Waals surface area contributed by atoms with E-state index in [-0.39, 0.29) is 6.04 Å². The van der Waals surface area contributed by atoms with Crippen molar-refractivity contribution in [3.8, 4) is 0 Å². The lowest BCUT2D eigenvalue weighted by Crippen LogP contribution is -2.20.